The molecule has 0 amide bonds. The fraction of sp³-hybridized carbons (Fsp3) is 1.00. The molecule has 0 heterocycles. The van der Waals surface area contributed by atoms with Gasteiger partial charge < -0.3 is 0 Å². The summed E-state index contributed by atoms with van der Waals surface area (Å²) in [4.78, 5) is 4.11. The minimum absolute atomic E-state index is 0.490. The van der Waals surface area contributed by atoms with E-state index in [0.717, 1.165) is 6.42 Å². The Morgan fingerprint density at radius 3 is 1.67 bits per heavy atom. The second kappa shape index (κ2) is 12.0. The van der Waals surface area contributed by atoms with Crippen molar-refractivity contribution in [1.82, 2.24) is 0 Å². The topological polar surface area (TPSA) is 29.5 Å². The number of hydrogen-bond acceptors (Lipinski definition) is 2. The van der Waals surface area contributed by atoms with Gasteiger partial charge in [0, 0.05) is 0 Å². The van der Waals surface area contributed by atoms with E-state index in [-0.39, 0.29) is 0 Å². The van der Waals surface area contributed by atoms with Crippen molar-refractivity contribution < 1.29 is 10.1 Å². The predicted octanol–water partition coefficient (Wildman–Crippen LogP) is 5.81. The largest absolute Gasteiger partial charge is 0.252 e. The molecule has 0 radical (unpaired) electrons. The molecule has 0 aromatic rings. The van der Waals surface area contributed by atoms with Gasteiger partial charge in [0.15, 0.2) is 0 Å². The fourth-order valence-corrected chi connectivity index (χ4v) is 3.36. The highest BCUT2D eigenvalue weighted by Crippen LogP contribution is 2.40. The first-order chi connectivity index (χ1) is 8.74. The first-order valence-electron chi connectivity index (χ1n) is 8.01. The molecule has 2 heteroatoms. The molecule has 0 aromatic carbocycles. The Bertz CT molecular complexity index is 151. The summed E-state index contributed by atoms with van der Waals surface area (Å²) in [6.07, 6.45) is 14.3. The molecular formula is C16H34O2. The zero-order valence-electron chi connectivity index (χ0n) is 12.8. The van der Waals surface area contributed by atoms with Gasteiger partial charge in [-0.2, -0.15) is 0 Å². The summed E-state index contributed by atoms with van der Waals surface area (Å²) in [7, 11) is 0. The third kappa shape index (κ3) is 8.10. The molecule has 18 heavy (non-hydrogen) atoms. The molecule has 0 aromatic heterocycles. The van der Waals surface area contributed by atoms with Crippen LogP contribution in [0.4, 0.5) is 0 Å². The second-order valence-electron chi connectivity index (χ2n) is 5.75. The zero-order valence-corrected chi connectivity index (χ0v) is 12.8. The maximum atomic E-state index is 8.26. The van der Waals surface area contributed by atoms with Gasteiger partial charge >= 0.3 is 0 Å². The van der Waals surface area contributed by atoms with Gasteiger partial charge in [0.25, 0.3) is 0 Å². The lowest BCUT2D eigenvalue weighted by Gasteiger charge is -2.34. The summed E-state index contributed by atoms with van der Waals surface area (Å²) in [5.41, 5.74) is 0.617. The Morgan fingerprint density at radius 2 is 1.22 bits per heavy atom. The van der Waals surface area contributed by atoms with Gasteiger partial charge in [0.1, 0.15) is 0 Å². The molecular weight excluding hydrogens is 224 g/mol. The van der Waals surface area contributed by atoms with Crippen molar-refractivity contribution in [2.75, 3.05) is 6.61 Å². The fourth-order valence-electron chi connectivity index (χ4n) is 3.36. The third-order valence-electron chi connectivity index (χ3n) is 4.03. The van der Waals surface area contributed by atoms with Gasteiger partial charge in [0.2, 0.25) is 0 Å². The molecule has 0 unspecified atom stereocenters. The Labute approximate surface area is 114 Å². The van der Waals surface area contributed by atoms with Gasteiger partial charge in [-0.3, -0.25) is 5.26 Å². The van der Waals surface area contributed by atoms with Crippen molar-refractivity contribution in [3.8, 4) is 0 Å². The van der Waals surface area contributed by atoms with E-state index in [2.05, 4.69) is 25.7 Å². The summed E-state index contributed by atoms with van der Waals surface area (Å²) >= 11 is 0. The van der Waals surface area contributed by atoms with Crippen LogP contribution in [0.5, 0.6) is 0 Å². The normalized spacial score (nSPS) is 12.0. The van der Waals surface area contributed by atoms with Crippen LogP contribution in [0.2, 0.25) is 0 Å². The molecule has 0 saturated heterocycles. The Hall–Kier alpha value is -0.0800. The van der Waals surface area contributed by atoms with Crippen LogP contribution in [-0.4, -0.2) is 11.9 Å². The van der Waals surface area contributed by atoms with Crippen molar-refractivity contribution in [3.05, 3.63) is 0 Å². The lowest BCUT2D eigenvalue weighted by Crippen LogP contribution is -2.20. The lowest BCUT2D eigenvalue weighted by atomic mass is 9.72. The smallest absolute Gasteiger partial charge is 0.0819 e. The molecule has 2 nitrogen and oxygen atoms in total. The molecule has 1 N–H and O–H groups in total. The highest BCUT2D eigenvalue weighted by Gasteiger charge is 2.26. The first-order valence-corrected chi connectivity index (χ1v) is 8.01. The van der Waals surface area contributed by atoms with E-state index in [0.29, 0.717) is 12.0 Å². The number of hydrogen-bond donors (Lipinski definition) is 1. The van der Waals surface area contributed by atoms with E-state index in [1.807, 2.05) is 0 Å². The second-order valence-corrected chi connectivity index (χ2v) is 5.75. The molecule has 0 saturated carbocycles. The van der Waals surface area contributed by atoms with E-state index >= 15 is 0 Å². The Balaban J connectivity index is 3.97. The zero-order chi connectivity index (χ0) is 13.7. The molecule has 0 aliphatic heterocycles. The number of rotatable bonds is 13. The van der Waals surface area contributed by atoms with Gasteiger partial charge in [-0.05, 0) is 37.5 Å². The molecule has 0 spiro atoms. The highest BCUT2D eigenvalue weighted by molar-refractivity contribution is 4.78. The molecule has 0 rings (SSSR count). The summed E-state index contributed by atoms with van der Waals surface area (Å²) in [6, 6.07) is 0. The van der Waals surface area contributed by atoms with Crippen molar-refractivity contribution in [2.45, 2.75) is 91.4 Å². The maximum Gasteiger partial charge on any atom is 0.0819 e. The average molecular weight is 258 g/mol. The lowest BCUT2D eigenvalue weighted by molar-refractivity contribution is -0.242. The SMILES string of the molecule is CCCC(CCC)(CCC)CCCCCCOO. The number of unbranched alkanes of at least 4 members (excludes halogenated alkanes) is 3. The van der Waals surface area contributed by atoms with Gasteiger partial charge in [-0.1, -0.05) is 59.3 Å². The van der Waals surface area contributed by atoms with Crippen LogP contribution >= 0.6 is 0 Å². The monoisotopic (exact) mass is 258 g/mol. The van der Waals surface area contributed by atoms with Crippen molar-refractivity contribution in [2.24, 2.45) is 5.41 Å². The van der Waals surface area contributed by atoms with E-state index < -0.39 is 0 Å². The van der Waals surface area contributed by atoms with Gasteiger partial charge in [-0.25, -0.2) is 4.89 Å². The summed E-state index contributed by atoms with van der Waals surface area (Å²) < 4.78 is 0. The summed E-state index contributed by atoms with van der Waals surface area (Å²) in [6.45, 7) is 7.44. The van der Waals surface area contributed by atoms with Crippen LogP contribution in [0.25, 0.3) is 0 Å². The highest BCUT2D eigenvalue weighted by atomic mass is 17.1. The Kier molecular flexibility index (Phi) is 11.9. The molecule has 0 aliphatic rings. The van der Waals surface area contributed by atoms with E-state index in [4.69, 9.17) is 5.26 Å². The molecule has 0 fully saturated rings. The minimum atomic E-state index is 0.490. The third-order valence-corrected chi connectivity index (χ3v) is 4.03. The molecule has 110 valence electrons. The van der Waals surface area contributed by atoms with E-state index in [1.54, 1.807) is 0 Å². The van der Waals surface area contributed by atoms with Crippen LogP contribution in [0.3, 0.4) is 0 Å². The summed E-state index contributed by atoms with van der Waals surface area (Å²) in [5, 5.41) is 8.26. The standard InChI is InChI=1S/C16H34O2/c1-4-11-16(12-5-2,13-6-3)14-9-7-8-10-15-18-17/h17H,4-15H2,1-3H3. The minimum Gasteiger partial charge on any atom is -0.252 e. The van der Waals surface area contributed by atoms with Gasteiger partial charge in [0.05, 0.1) is 6.61 Å². The first kappa shape index (κ1) is 17.9. The van der Waals surface area contributed by atoms with Crippen molar-refractivity contribution in [1.29, 1.82) is 0 Å². The molecule has 0 atom stereocenters. The van der Waals surface area contributed by atoms with Crippen LogP contribution in [0, 0.1) is 5.41 Å². The summed E-state index contributed by atoms with van der Waals surface area (Å²) in [5.74, 6) is 0. The average Bonchev–Trinajstić information content (AvgIpc) is 2.35. The molecule has 0 bridgehead atoms. The van der Waals surface area contributed by atoms with Crippen LogP contribution in [-0.2, 0) is 4.89 Å². The Morgan fingerprint density at radius 1 is 0.722 bits per heavy atom. The van der Waals surface area contributed by atoms with E-state index in [9.17, 15) is 0 Å². The van der Waals surface area contributed by atoms with E-state index in [1.165, 1.54) is 64.2 Å². The van der Waals surface area contributed by atoms with Gasteiger partial charge in [-0.15, -0.1) is 0 Å². The van der Waals surface area contributed by atoms with Crippen molar-refractivity contribution >= 4 is 0 Å². The predicted molar refractivity (Wildman–Crippen MR) is 78.8 cm³/mol. The van der Waals surface area contributed by atoms with Crippen LogP contribution < -0.4 is 0 Å². The maximum absolute atomic E-state index is 8.26. The van der Waals surface area contributed by atoms with Crippen LogP contribution in [0.15, 0.2) is 0 Å². The quantitative estimate of drug-likeness (QED) is 0.256. The van der Waals surface area contributed by atoms with Crippen molar-refractivity contribution in [3.63, 3.8) is 0 Å². The molecule has 0 aliphatic carbocycles. The van der Waals surface area contributed by atoms with Crippen LogP contribution in [0.1, 0.15) is 91.4 Å².